The molecule has 0 aliphatic carbocycles. The Kier molecular flexibility index (Phi) is 3.43. The van der Waals surface area contributed by atoms with Gasteiger partial charge in [-0.1, -0.05) is 17.7 Å². The minimum absolute atomic E-state index is 0.401. The summed E-state index contributed by atoms with van der Waals surface area (Å²) < 4.78 is 0. The summed E-state index contributed by atoms with van der Waals surface area (Å²) in [7, 11) is 3.94. The predicted octanol–water partition coefficient (Wildman–Crippen LogP) is 1.90. The van der Waals surface area contributed by atoms with Gasteiger partial charge in [0.1, 0.15) is 0 Å². The molecule has 0 fully saturated rings. The summed E-state index contributed by atoms with van der Waals surface area (Å²) in [5.41, 5.74) is 3.32. The molecule has 0 heterocycles. The molecule has 0 bridgehead atoms. The van der Waals surface area contributed by atoms with E-state index in [1.165, 1.54) is 5.56 Å². The van der Waals surface area contributed by atoms with Crippen LogP contribution >= 0.6 is 0 Å². The summed E-state index contributed by atoms with van der Waals surface area (Å²) in [5, 5.41) is 0. The van der Waals surface area contributed by atoms with Crippen LogP contribution in [0.2, 0.25) is 0 Å². The van der Waals surface area contributed by atoms with Crippen molar-refractivity contribution < 1.29 is 4.79 Å². The van der Waals surface area contributed by atoms with E-state index >= 15 is 0 Å². The van der Waals surface area contributed by atoms with Crippen LogP contribution in [0.5, 0.6) is 0 Å². The molecule has 1 rings (SSSR count). The molecule has 14 heavy (non-hydrogen) atoms. The Morgan fingerprint density at radius 1 is 1.43 bits per heavy atom. The number of isocyanates is 1. The van der Waals surface area contributed by atoms with Crippen LogP contribution in [-0.2, 0) is 11.3 Å². The van der Waals surface area contributed by atoms with Gasteiger partial charge in [-0.05, 0) is 18.6 Å². The van der Waals surface area contributed by atoms with Gasteiger partial charge in [0.25, 0.3) is 0 Å². The summed E-state index contributed by atoms with van der Waals surface area (Å²) in [6, 6.07) is 6.12. The van der Waals surface area contributed by atoms with E-state index in [1.54, 1.807) is 6.08 Å². The predicted molar refractivity (Wildman–Crippen MR) is 57.3 cm³/mol. The molecule has 3 nitrogen and oxygen atoms in total. The highest BCUT2D eigenvalue weighted by Crippen LogP contribution is 2.20. The summed E-state index contributed by atoms with van der Waals surface area (Å²) in [6.07, 6.45) is 1.56. The van der Waals surface area contributed by atoms with Crippen molar-refractivity contribution in [3.05, 3.63) is 29.3 Å². The molecule has 0 saturated carbocycles. The van der Waals surface area contributed by atoms with Gasteiger partial charge in [0.05, 0.1) is 6.54 Å². The van der Waals surface area contributed by atoms with Crippen molar-refractivity contribution in [2.45, 2.75) is 13.5 Å². The van der Waals surface area contributed by atoms with Crippen molar-refractivity contribution in [1.29, 1.82) is 0 Å². The lowest BCUT2D eigenvalue weighted by Crippen LogP contribution is -2.11. The molecule has 1 aromatic rings. The average molecular weight is 190 g/mol. The quantitative estimate of drug-likeness (QED) is 0.538. The van der Waals surface area contributed by atoms with Crippen LogP contribution in [0, 0.1) is 6.92 Å². The lowest BCUT2D eigenvalue weighted by Gasteiger charge is -2.16. The fraction of sp³-hybridized carbons (Fsp3) is 0.364. The number of hydrogen-bond donors (Lipinski definition) is 0. The Balaban J connectivity index is 3.08. The van der Waals surface area contributed by atoms with E-state index in [1.807, 2.05) is 44.1 Å². The molecule has 1 aromatic carbocycles. The zero-order valence-electron chi connectivity index (χ0n) is 8.74. The number of hydrogen-bond acceptors (Lipinski definition) is 3. The fourth-order valence-corrected chi connectivity index (χ4v) is 1.39. The fourth-order valence-electron chi connectivity index (χ4n) is 1.39. The van der Waals surface area contributed by atoms with Gasteiger partial charge in [-0.3, -0.25) is 0 Å². The standard InChI is InChI=1S/C11H14N2O/c1-9-4-5-11(13(2)3)10(6-9)7-12-8-14/h4-6H,7H2,1-3H3. The molecule has 0 spiro atoms. The first-order chi connectivity index (χ1) is 6.65. The van der Waals surface area contributed by atoms with Crippen molar-refractivity contribution >= 4 is 11.8 Å². The van der Waals surface area contributed by atoms with Crippen molar-refractivity contribution in [1.82, 2.24) is 0 Å². The number of carbonyl (C=O) groups excluding carboxylic acids is 1. The summed E-state index contributed by atoms with van der Waals surface area (Å²) in [6.45, 7) is 2.42. The second kappa shape index (κ2) is 4.58. The number of aryl methyl sites for hydroxylation is 1. The zero-order valence-corrected chi connectivity index (χ0v) is 8.74. The summed E-state index contributed by atoms with van der Waals surface area (Å²) in [4.78, 5) is 15.6. The van der Waals surface area contributed by atoms with Crippen LogP contribution in [0.15, 0.2) is 23.2 Å². The molecule has 3 heteroatoms. The van der Waals surface area contributed by atoms with Gasteiger partial charge in [0, 0.05) is 19.8 Å². The molecule has 0 unspecified atom stereocenters. The third-order valence-electron chi connectivity index (χ3n) is 2.03. The van der Waals surface area contributed by atoms with Crippen LogP contribution in [0.1, 0.15) is 11.1 Å². The Bertz CT molecular complexity index is 366. The number of anilines is 1. The molecule has 0 aromatic heterocycles. The van der Waals surface area contributed by atoms with E-state index in [2.05, 4.69) is 4.99 Å². The lowest BCUT2D eigenvalue weighted by atomic mass is 10.1. The van der Waals surface area contributed by atoms with Crippen LogP contribution in [0.25, 0.3) is 0 Å². The molecule has 0 N–H and O–H groups in total. The van der Waals surface area contributed by atoms with Crippen LogP contribution in [-0.4, -0.2) is 20.2 Å². The van der Waals surface area contributed by atoms with Gasteiger partial charge in [-0.2, -0.15) is 0 Å². The van der Waals surface area contributed by atoms with Gasteiger partial charge >= 0.3 is 0 Å². The van der Waals surface area contributed by atoms with Crippen molar-refractivity contribution in [2.24, 2.45) is 4.99 Å². The highest BCUT2D eigenvalue weighted by Gasteiger charge is 2.03. The van der Waals surface area contributed by atoms with Crippen molar-refractivity contribution in [3.8, 4) is 0 Å². The zero-order chi connectivity index (χ0) is 10.6. The van der Waals surface area contributed by atoms with E-state index < -0.39 is 0 Å². The van der Waals surface area contributed by atoms with E-state index in [9.17, 15) is 4.79 Å². The van der Waals surface area contributed by atoms with Gasteiger partial charge in [-0.25, -0.2) is 9.79 Å². The van der Waals surface area contributed by atoms with Crippen LogP contribution in [0.4, 0.5) is 5.69 Å². The Morgan fingerprint density at radius 2 is 2.14 bits per heavy atom. The van der Waals surface area contributed by atoms with Gasteiger partial charge in [0.2, 0.25) is 6.08 Å². The number of nitrogens with zero attached hydrogens (tertiary/aromatic N) is 2. The number of benzene rings is 1. The second-order valence-corrected chi connectivity index (χ2v) is 3.43. The largest absolute Gasteiger partial charge is 0.377 e. The molecule has 0 aliphatic rings. The molecule has 0 amide bonds. The highest BCUT2D eigenvalue weighted by molar-refractivity contribution is 5.54. The maximum absolute atomic E-state index is 10.0. The first-order valence-electron chi connectivity index (χ1n) is 4.45. The molecule has 0 radical (unpaired) electrons. The number of rotatable bonds is 3. The minimum Gasteiger partial charge on any atom is -0.377 e. The minimum atomic E-state index is 0.401. The SMILES string of the molecule is Cc1ccc(N(C)C)c(CN=C=O)c1. The van der Waals surface area contributed by atoms with Crippen molar-refractivity contribution in [2.75, 3.05) is 19.0 Å². The third kappa shape index (κ3) is 2.44. The average Bonchev–Trinajstić information content (AvgIpc) is 2.14. The normalized spacial score (nSPS) is 9.36. The molecular formula is C11H14N2O. The highest BCUT2D eigenvalue weighted by atomic mass is 16.1. The van der Waals surface area contributed by atoms with Crippen molar-refractivity contribution in [3.63, 3.8) is 0 Å². The van der Waals surface area contributed by atoms with E-state index in [0.29, 0.717) is 6.54 Å². The molecule has 0 atom stereocenters. The van der Waals surface area contributed by atoms with Gasteiger partial charge in [-0.15, -0.1) is 0 Å². The summed E-state index contributed by atoms with van der Waals surface area (Å²) >= 11 is 0. The topological polar surface area (TPSA) is 32.7 Å². The Labute approximate surface area is 84.1 Å². The van der Waals surface area contributed by atoms with Gasteiger partial charge < -0.3 is 4.90 Å². The smallest absolute Gasteiger partial charge is 0.235 e. The molecule has 74 valence electrons. The van der Waals surface area contributed by atoms with Crippen LogP contribution in [0.3, 0.4) is 0 Å². The first kappa shape index (κ1) is 10.5. The Morgan fingerprint density at radius 3 is 2.71 bits per heavy atom. The van der Waals surface area contributed by atoms with E-state index in [4.69, 9.17) is 0 Å². The lowest BCUT2D eigenvalue weighted by molar-refractivity contribution is 0.563. The number of aliphatic imine (C=N–C) groups is 1. The maximum Gasteiger partial charge on any atom is 0.235 e. The van der Waals surface area contributed by atoms with E-state index in [0.717, 1.165) is 11.3 Å². The summed E-state index contributed by atoms with van der Waals surface area (Å²) in [5.74, 6) is 0. The monoisotopic (exact) mass is 190 g/mol. The molecule has 0 aliphatic heterocycles. The van der Waals surface area contributed by atoms with Crippen LogP contribution < -0.4 is 4.90 Å². The molecule has 0 saturated heterocycles. The Hall–Kier alpha value is -1.60. The third-order valence-corrected chi connectivity index (χ3v) is 2.03. The maximum atomic E-state index is 10.0. The first-order valence-corrected chi connectivity index (χ1v) is 4.45. The van der Waals surface area contributed by atoms with E-state index in [-0.39, 0.29) is 0 Å². The van der Waals surface area contributed by atoms with Gasteiger partial charge in [0.15, 0.2) is 0 Å². The molecular weight excluding hydrogens is 176 g/mol. The second-order valence-electron chi connectivity index (χ2n) is 3.43.